The Kier molecular flexibility index (Phi) is 5.85. The first-order valence-electron chi connectivity index (χ1n) is 8.47. The molecule has 0 bridgehead atoms. The van der Waals surface area contributed by atoms with Gasteiger partial charge in [-0.2, -0.15) is 18.3 Å². The van der Waals surface area contributed by atoms with Gasteiger partial charge in [-0.3, -0.25) is 9.89 Å². The van der Waals surface area contributed by atoms with E-state index >= 15 is 0 Å². The molecule has 0 spiro atoms. The molecule has 0 radical (unpaired) electrons. The van der Waals surface area contributed by atoms with Crippen LogP contribution in [0.5, 0.6) is 0 Å². The fraction of sp³-hybridized carbons (Fsp3) is 0.471. The van der Waals surface area contributed by atoms with Crippen molar-refractivity contribution in [1.82, 2.24) is 15.2 Å². The summed E-state index contributed by atoms with van der Waals surface area (Å²) >= 11 is -0.405. The smallest absolute Gasteiger partial charge is 0.305 e. The Morgan fingerprint density at radius 3 is 2.81 bits per heavy atom. The number of anilines is 1. The molecule has 2 aromatic rings. The van der Waals surface area contributed by atoms with Gasteiger partial charge >= 0.3 is 5.51 Å². The minimum atomic E-state index is -4.51. The number of aromatic amines is 1. The van der Waals surface area contributed by atoms with Gasteiger partial charge in [0.15, 0.2) is 5.82 Å². The van der Waals surface area contributed by atoms with E-state index in [1.807, 2.05) is 0 Å². The summed E-state index contributed by atoms with van der Waals surface area (Å²) in [7, 11) is 0. The van der Waals surface area contributed by atoms with Crippen LogP contribution in [0.25, 0.3) is 0 Å². The lowest BCUT2D eigenvalue weighted by atomic mass is 9.86. The summed E-state index contributed by atoms with van der Waals surface area (Å²) in [5.41, 5.74) is -3.72. The van der Waals surface area contributed by atoms with Crippen molar-refractivity contribution in [3.8, 4) is 0 Å². The molecule has 0 atom stereocenters. The van der Waals surface area contributed by atoms with Crippen molar-refractivity contribution >= 4 is 23.5 Å². The van der Waals surface area contributed by atoms with E-state index in [-0.39, 0.29) is 10.6 Å². The van der Waals surface area contributed by atoms with Gasteiger partial charge < -0.3 is 5.32 Å². The average Bonchev–Trinajstić information content (AvgIpc) is 3.01. The van der Waals surface area contributed by atoms with E-state index < -0.39 is 23.2 Å². The molecule has 3 rings (SSSR count). The van der Waals surface area contributed by atoms with Crippen LogP contribution in [-0.4, -0.2) is 26.6 Å². The molecule has 140 valence electrons. The van der Waals surface area contributed by atoms with Gasteiger partial charge in [0.1, 0.15) is 5.03 Å². The van der Waals surface area contributed by atoms with Crippen LogP contribution in [0.15, 0.2) is 29.4 Å². The first-order chi connectivity index (χ1) is 12.4. The number of amides is 1. The normalized spacial score (nSPS) is 15.8. The third-order valence-corrected chi connectivity index (χ3v) is 5.08. The number of halogens is 3. The lowest BCUT2D eigenvalue weighted by molar-refractivity contribution is -0.0329. The van der Waals surface area contributed by atoms with E-state index in [2.05, 4.69) is 20.5 Å². The largest absolute Gasteiger partial charge is 0.447 e. The summed E-state index contributed by atoms with van der Waals surface area (Å²) in [6.07, 6.45) is 8.23. The van der Waals surface area contributed by atoms with E-state index in [9.17, 15) is 18.0 Å². The molecule has 1 aliphatic rings. The fourth-order valence-corrected chi connectivity index (χ4v) is 3.77. The third-order valence-electron chi connectivity index (χ3n) is 4.33. The zero-order valence-electron chi connectivity index (χ0n) is 14.0. The molecule has 1 aliphatic carbocycles. The summed E-state index contributed by atoms with van der Waals surface area (Å²) in [5.74, 6) is 0.244. The number of aromatic nitrogens is 3. The predicted octanol–water partition coefficient (Wildman–Crippen LogP) is 4.79. The molecule has 2 N–H and O–H groups in total. The van der Waals surface area contributed by atoms with Crippen molar-refractivity contribution in [2.24, 2.45) is 5.92 Å². The number of rotatable bonds is 5. The highest BCUT2D eigenvalue weighted by Crippen LogP contribution is 2.37. The molecule has 5 nitrogen and oxygen atoms in total. The summed E-state index contributed by atoms with van der Waals surface area (Å²) in [6.45, 7) is 0. The third kappa shape index (κ3) is 5.23. The van der Waals surface area contributed by atoms with Gasteiger partial charge in [-0.05, 0) is 24.5 Å². The first kappa shape index (κ1) is 18.8. The number of alkyl halides is 3. The van der Waals surface area contributed by atoms with Gasteiger partial charge in [0.25, 0.3) is 5.91 Å². The van der Waals surface area contributed by atoms with Crippen LogP contribution in [0.4, 0.5) is 19.0 Å². The van der Waals surface area contributed by atoms with Crippen molar-refractivity contribution in [3.05, 3.63) is 35.7 Å². The molecule has 1 amide bonds. The molecule has 26 heavy (non-hydrogen) atoms. The van der Waals surface area contributed by atoms with Crippen LogP contribution in [0, 0.1) is 5.92 Å². The van der Waals surface area contributed by atoms with Crippen molar-refractivity contribution in [2.45, 2.75) is 49.1 Å². The highest BCUT2D eigenvalue weighted by molar-refractivity contribution is 8.00. The SMILES string of the molecule is O=C(Nc1cc(CC2CCCCC2)[nH]n1)c1cccnc1SC(F)(F)F. The van der Waals surface area contributed by atoms with Gasteiger partial charge in [-0.15, -0.1) is 0 Å². The lowest BCUT2D eigenvalue weighted by Gasteiger charge is -2.20. The number of hydrogen-bond acceptors (Lipinski definition) is 4. The predicted molar refractivity (Wildman–Crippen MR) is 93.0 cm³/mol. The average molecular weight is 384 g/mol. The molecule has 2 heterocycles. The lowest BCUT2D eigenvalue weighted by Crippen LogP contribution is -2.15. The Morgan fingerprint density at radius 1 is 1.31 bits per heavy atom. The van der Waals surface area contributed by atoms with E-state index in [0.717, 1.165) is 12.1 Å². The van der Waals surface area contributed by atoms with E-state index in [0.29, 0.717) is 11.7 Å². The fourth-order valence-electron chi connectivity index (χ4n) is 3.17. The van der Waals surface area contributed by atoms with Gasteiger partial charge in [-0.25, -0.2) is 4.98 Å². The van der Waals surface area contributed by atoms with E-state index in [4.69, 9.17) is 0 Å². The Labute approximate surface area is 153 Å². The summed E-state index contributed by atoms with van der Waals surface area (Å²) in [6, 6.07) is 4.47. The monoisotopic (exact) mass is 384 g/mol. The van der Waals surface area contributed by atoms with Crippen LogP contribution < -0.4 is 5.32 Å². The maximum absolute atomic E-state index is 12.6. The zero-order chi connectivity index (χ0) is 18.6. The Balaban J connectivity index is 1.65. The van der Waals surface area contributed by atoms with E-state index in [1.54, 1.807) is 6.07 Å². The summed E-state index contributed by atoms with van der Waals surface area (Å²) in [4.78, 5) is 16.0. The number of thioether (sulfide) groups is 1. The summed E-state index contributed by atoms with van der Waals surface area (Å²) < 4.78 is 37.8. The second-order valence-corrected chi connectivity index (χ2v) is 7.40. The number of H-pyrrole nitrogens is 1. The molecule has 0 unspecified atom stereocenters. The topological polar surface area (TPSA) is 70.7 Å². The molecule has 0 aliphatic heterocycles. The second kappa shape index (κ2) is 8.11. The van der Waals surface area contributed by atoms with Gasteiger partial charge in [0, 0.05) is 29.7 Å². The van der Waals surface area contributed by atoms with Crippen molar-refractivity contribution < 1.29 is 18.0 Å². The molecular weight excluding hydrogens is 365 g/mol. The number of hydrogen-bond donors (Lipinski definition) is 2. The van der Waals surface area contributed by atoms with Crippen molar-refractivity contribution in [1.29, 1.82) is 0 Å². The molecule has 0 aromatic carbocycles. The molecule has 9 heteroatoms. The number of nitrogens with zero attached hydrogens (tertiary/aromatic N) is 2. The molecule has 0 saturated heterocycles. The van der Waals surface area contributed by atoms with Crippen molar-refractivity contribution in [3.63, 3.8) is 0 Å². The number of nitrogens with one attached hydrogen (secondary N) is 2. The van der Waals surface area contributed by atoms with Crippen molar-refractivity contribution in [2.75, 3.05) is 5.32 Å². The van der Waals surface area contributed by atoms with Gasteiger partial charge in [-0.1, -0.05) is 32.1 Å². The Bertz CT molecular complexity index is 756. The van der Waals surface area contributed by atoms with Crippen LogP contribution in [0.1, 0.15) is 48.2 Å². The van der Waals surface area contributed by atoms with Crippen LogP contribution in [0.2, 0.25) is 0 Å². The molecular formula is C17H19F3N4OS. The number of carbonyl (C=O) groups is 1. The minimum absolute atomic E-state index is 0.133. The molecule has 1 saturated carbocycles. The van der Waals surface area contributed by atoms with Crippen LogP contribution in [-0.2, 0) is 6.42 Å². The highest BCUT2D eigenvalue weighted by Gasteiger charge is 2.32. The first-order valence-corrected chi connectivity index (χ1v) is 9.29. The second-order valence-electron chi connectivity index (χ2n) is 6.34. The maximum Gasteiger partial charge on any atom is 0.447 e. The molecule has 2 aromatic heterocycles. The standard InChI is InChI=1S/C17H19F3N4OS/c18-17(19,20)26-16-13(7-4-8-21-16)15(25)22-14-10-12(23-24-14)9-11-5-2-1-3-6-11/h4,7-8,10-11H,1-3,5-6,9H2,(H2,22,23,24,25). The zero-order valence-corrected chi connectivity index (χ0v) is 14.8. The van der Waals surface area contributed by atoms with Crippen LogP contribution in [0.3, 0.4) is 0 Å². The van der Waals surface area contributed by atoms with Crippen LogP contribution >= 0.6 is 11.8 Å². The Morgan fingerprint density at radius 2 is 2.08 bits per heavy atom. The number of carbonyl (C=O) groups excluding carboxylic acids is 1. The maximum atomic E-state index is 12.6. The van der Waals surface area contributed by atoms with Gasteiger partial charge in [0.2, 0.25) is 0 Å². The number of pyridine rings is 1. The quantitative estimate of drug-likeness (QED) is 0.727. The van der Waals surface area contributed by atoms with Gasteiger partial charge in [0.05, 0.1) is 5.56 Å². The van der Waals surface area contributed by atoms with E-state index in [1.165, 1.54) is 50.4 Å². The Hall–Kier alpha value is -2.03. The summed E-state index contributed by atoms with van der Waals surface area (Å²) in [5, 5.41) is 9.10. The highest BCUT2D eigenvalue weighted by atomic mass is 32.2. The molecule has 1 fully saturated rings. The minimum Gasteiger partial charge on any atom is -0.305 e.